The number of phenolic OH excluding ortho intramolecular Hbond substituents is 1. The lowest BCUT2D eigenvalue weighted by Gasteiger charge is -2.25. The second-order valence-electron chi connectivity index (χ2n) is 6.91. The first-order valence-electron chi connectivity index (χ1n) is 8.45. The maximum absolute atomic E-state index is 13.0. The SMILES string of the molecule is Cc1ccc(O)c(C(=O)N2CCC[C@@H]2c2nncn2CC(C)C)c1. The number of aromatic hydroxyl groups is 1. The first-order chi connectivity index (χ1) is 11.5. The number of likely N-dealkylation sites (tertiary alicyclic amines) is 1. The molecule has 0 unspecified atom stereocenters. The predicted octanol–water partition coefficient (Wildman–Crippen LogP) is 2.93. The molecular weight excluding hydrogens is 304 g/mol. The van der Waals surface area contributed by atoms with Gasteiger partial charge in [-0.1, -0.05) is 25.5 Å². The number of phenols is 1. The summed E-state index contributed by atoms with van der Waals surface area (Å²) in [5, 5.41) is 18.4. The smallest absolute Gasteiger partial charge is 0.258 e. The van der Waals surface area contributed by atoms with Gasteiger partial charge in [0.15, 0.2) is 5.82 Å². The van der Waals surface area contributed by atoms with Gasteiger partial charge >= 0.3 is 0 Å². The molecule has 2 heterocycles. The van der Waals surface area contributed by atoms with Crippen LogP contribution in [-0.2, 0) is 6.54 Å². The van der Waals surface area contributed by atoms with E-state index in [4.69, 9.17) is 0 Å². The molecule has 0 bridgehead atoms. The van der Waals surface area contributed by atoms with Crippen molar-refractivity contribution >= 4 is 5.91 Å². The van der Waals surface area contributed by atoms with E-state index in [1.165, 1.54) is 0 Å². The fourth-order valence-electron chi connectivity index (χ4n) is 3.31. The van der Waals surface area contributed by atoms with Gasteiger partial charge in [0, 0.05) is 13.1 Å². The number of aryl methyl sites for hydroxylation is 1. The second-order valence-corrected chi connectivity index (χ2v) is 6.91. The quantitative estimate of drug-likeness (QED) is 0.937. The fourth-order valence-corrected chi connectivity index (χ4v) is 3.31. The molecule has 0 saturated carbocycles. The molecule has 1 aromatic heterocycles. The summed E-state index contributed by atoms with van der Waals surface area (Å²) in [6.07, 6.45) is 3.53. The molecule has 3 rings (SSSR count). The lowest BCUT2D eigenvalue weighted by molar-refractivity contribution is 0.0723. The minimum Gasteiger partial charge on any atom is -0.507 e. The standard InChI is InChI=1S/C18H24N4O2/c1-12(2)10-21-11-19-20-17(21)15-5-4-8-22(15)18(24)14-9-13(3)6-7-16(14)23/h6-7,9,11-12,15,23H,4-5,8,10H2,1-3H3/t15-/m1/s1. The molecular formula is C18H24N4O2. The zero-order chi connectivity index (χ0) is 17.3. The number of benzene rings is 1. The molecule has 6 heteroatoms. The number of carbonyl (C=O) groups is 1. The summed E-state index contributed by atoms with van der Waals surface area (Å²) in [7, 11) is 0. The van der Waals surface area contributed by atoms with Crippen LogP contribution in [0.25, 0.3) is 0 Å². The molecule has 1 aromatic carbocycles. The van der Waals surface area contributed by atoms with E-state index < -0.39 is 0 Å². The maximum atomic E-state index is 13.0. The normalized spacial score (nSPS) is 17.7. The molecule has 2 aromatic rings. The predicted molar refractivity (Wildman–Crippen MR) is 90.7 cm³/mol. The molecule has 6 nitrogen and oxygen atoms in total. The monoisotopic (exact) mass is 328 g/mol. The van der Waals surface area contributed by atoms with E-state index in [1.54, 1.807) is 24.5 Å². The minimum atomic E-state index is -0.141. The van der Waals surface area contributed by atoms with Gasteiger partial charge in [0.25, 0.3) is 5.91 Å². The van der Waals surface area contributed by atoms with Crippen LogP contribution < -0.4 is 0 Å². The number of amides is 1. The van der Waals surface area contributed by atoms with E-state index in [-0.39, 0.29) is 17.7 Å². The van der Waals surface area contributed by atoms with Crippen molar-refractivity contribution in [3.63, 3.8) is 0 Å². The van der Waals surface area contributed by atoms with E-state index in [2.05, 4.69) is 24.0 Å². The summed E-state index contributed by atoms with van der Waals surface area (Å²) in [5.74, 6) is 1.20. The Kier molecular flexibility index (Phi) is 4.55. The highest BCUT2D eigenvalue weighted by molar-refractivity contribution is 5.97. The summed E-state index contributed by atoms with van der Waals surface area (Å²) in [6.45, 7) is 7.71. The van der Waals surface area contributed by atoms with Gasteiger partial charge in [0.2, 0.25) is 0 Å². The molecule has 0 aliphatic carbocycles. The Morgan fingerprint density at radius 2 is 2.21 bits per heavy atom. The van der Waals surface area contributed by atoms with E-state index in [9.17, 15) is 9.90 Å². The van der Waals surface area contributed by atoms with Crippen molar-refractivity contribution in [2.45, 2.75) is 46.2 Å². The first-order valence-corrected chi connectivity index (χ1v) is 8.45. The van der Waals surface area contributed by atoms with E-state index in [1.807, 2.05) is 16.4 Å². The van der Waals surface area contributed by atoms with Crippen LogP contribution in [0.5, 0.6) is 5.75 Å². The minimum absolute atomic E-state index is 0.0277. The van der Waals surface area contributed by atoms with Gasteiger partial charge in [-0.3, -0.25) is 4.79 Å². The highest BCUT2D eigenvalue weighted by atomic mass is 16.3. The molecule has 1 amide bonds. The van der Waals surface area contributed by atoms with E-state index in [0.717, 1.165) is 30.8 Å². The third-order valence-corrected chi connectivity index (χ3v) is 4.40. The number of aromatic nitrogens is 3. The van der Waals surface area contributed by atoms with Crippen molar-refractivity contribution in [1.82, 2.24) is 19.7 Å². The molecule has 1 atom stereocenters. The molecule has 1 saturated heterocycles. The van der Waals surface area contributed by atoms with E-state index in [0.29, 0.717) is 18.0 Å². The van der Waals surface area contributed by atoms with Gasteiger partial charge < -0.3 is 14.6 Å². The van der Waals surface area contributed by atoms with Gasteiger partial charge in [0.1, 0.15) is 12.1 Å². The van der Waals surface area contributed by atoms with E-state index >= 15 is 0 Å². The Hall–Kier alpha value is -2.37. The Morgan fingerprint density at radius 3 is 2.96 bits per heavy atom. The van der Waals surface area contributed by atoms with Crippen LogP contribution >= 0.6 is 0 Å². The summed E-state index contributed by atoms with van der Waals surface area (Å²) < 4.78 is 2.04. The van der Waals surface area contributed by atoms with Crippen molar-refractivity contribution in [2.75, 3.05) is 6.54 Å². The van der Waals surface area contributed by atoms with Crippen LogP contribution in [0.2, 0.25) is 0 Å². The van der Waals surface area contributed by atoms with Crippen LogP contribution in [0.4, 0.5) is 0 Å². The zero-order valence-electron chi connectivity index (χ0n) is 14.4. The Bertz CT molecular complexity index is 738. The van der Waals surface area contributed by atoms with Crippen molar-refractivity contribution < 1.29 is 9.90 Å². The number of nitrogens with zero attached hydrogens (tertiary/aromatic N) is 4. The largest absolute Gasteiger partial charge is 0.507 e. The fraction of sp³-hybridized carbons (Fsp3) is 0.500. The van der Waals surface area contributed by atoms with Crippen LogP contribution in [-0.4, -0.2) is 37.2 Å². The molecule has 1 N–H and O–H groups in total. The third kappa shape index (κ3) is 3.13. The average molecular weight is 328 g/mol. The Morgan fingerprint density at radius 1 is 1.42 bits per heavy atom. The van der Waals surface area contributed by atoms with Gasteiger partial charge in [-0.15, -0.1) is 10.2 Å². The highest BCUT2D eigenvalue weighted by Gasteiger charge is 2.34. The van der Waals surface area contributed by atoms with Crippen molar-refractivity contribution in [1.29, 1.82) is 0 Å². The van der Waals surface area contributed by atoms with Crippen LogP contribution in [0.15, 0.2) is 24.5 Å². The van der Waals surface area contributed by atoms with Crippen LogP contribution in [0.3, 0.4) is 0 Å². The number of hydrogen-bond donors (Lipinski definition) is 1. The van der Waals surface area contributed by atoms with Crippen molar-refractivity contribution in [3.8, 4) is 5.75 Å². The molecule has 1 fully saturated rings. The summed E-state index contributed by atoms with van der Waals surface area (Å²) in [6, 6.07) is 5.03. The van der Waals surface area contributed by atoms with Crippen LogP contribution in [0.1, 0.15) is 54.5 Å². The second kappa shape index (κ2) is 6.63. The van der Waals surface area contributed by atoms with Crippen LogP contribution in [0, 0.1) is 12.8 Å². The molecule has 24 heavy (non-hydrogen) atoms. The third-order valence-electron chi connectivity index (χ3n) is 4.40. The molecule has 0 radical (unpaired) electrons. The lowest BCUT2D eigenvalue weighted by atomic mass is 10.1. The average Bonchev–Trinajstić information content (AvgIpc) is 3.17. The number of hydrogen-bond acceptors (Lipinski definition) is 4. The van der Waals surface area contributed by atoms with Crippen molar-refractivity contribution in [2.24, 2.45) is 5.92 Å². The topological polar surface area (TPSA) is 71.2 Å². The summed E-state index contributed by atoms with van der Waals surface area (Å²) >= 11 is 0. The Balaban J connectivity index is 1.90. The number of rotatable bonds is 4. The summed E-state index contributed by atoms with van der Waals surface area (Å²) in [4.78, 5) is 14.8. The highest BCUT2D eigenvalue weighted by Crippen LogP contribution is 2.33. The van der Waals surface area contributed by atoms with Gasteiger partial charge in [-0.05, 0) is 37.8 Å². The van der Waals surface area contributed by atoms with Crippen molar-refractivity contribution in [3.05, 3.63) is 41.5 Å². The zero-order valence-corrected chi connectivity index (χ0v) is 14.4. The molecule has 1 aliphatic heterocycles. The van der Waals surface area contributed by atoms with Gasteiger partial charge in [-0.2, -0.15) is 0 Å². The van der Waals surface area contributed by atoms with Gasteiger partial charge in [0.05, 0.1) is 11.6 Å². The lowest BCUT2D eigenvalue weighted by Crippen LogP contribution is -2.32. The maximum Gasteiger partial charge on any atom is 0.258 e. The summed E-state index contributed by atoms with van der Waals surface area (Å²) in [5.41, 5.74) is 1.31. The molecule has 128 valence electrons. The van der Waals surface area contributed by atoms with Gasteiger partial charge in [-0.25, -0.2) is 0 Å². The molecule has 1 aliphatic rings. The first kappa shape index (κ1) is 16.5. The Labute approximate surface area is 142 Å². The molecule has 0 spiro atoms. The number of carbonyl (C=O) groups excluding carboxylic acids is 1.